The first-order valence-corrected chi connectivity index (χ1v) is 8.47. The normalized spacial score (nSPS) is 10.3. The fourth-order valence-electron chi connectivity index (χ4n) is 2.58. The lowest BCUT2D eigenvalue weighted by atomic mass is 10.1. The second kappa shape index (κ2) is 7.71. The minimum Gasteiger partial charge on any atom is -0.421 e. The van der Waals surface area contributed by atoms with Gasteiger partial charge in [0.15, 0.2) is 5.75 Å². The van der Waals surface area contributed by atoms with Crippen LogP contribution in [0.3, 0.4) is 0 Å². The monoisotopic (exact) mass is 376 g/mol. The molecule has 0 aliphatic heterocycles. The molecule has 0 aliphatic carbocycles. The van der Waals surface area contributed by atoms with E-state index in [1.54, 1.807) is 24.3 Å². The fraction of sp³-hybridized carbons (Fsp3) is 0.0476. The number of aryl methyl sites for hydroxylation is 1. The van der Waals surface area contributed by atoms with Gasteiger partial charge in [0.2, 0.25) is 0 Å². The number of carbonyl (C=O) groups is 2. The van der Waals surface area contributed by atoms with E-state index in [0.29, 0.717) is 28.2 Å². The Labute approximate surface area is 162 Å². The number of nitrogens with two attached hydrogens (primary N) is 3. The Hall–Kier alpha value is -4.00. The molecule has 0 fully saturated rings. The molecule has 7 heteroatoms. The second-order valence-electron chi connectivity index (χ2n) is 6.35. The van der Waals surface area contributed by atoms with Crippen LogP contribution >= 0.6 is 0 Å². The standard InChI is InChI=1S/C21H20N4O3/c1-12-2-4-13(5-3-12)21(27)28-19-7-6-17(11-18(19)24)25-20(26)14-8-15(22)10-16(23)9-14/h2-11H,22-24H2,1H3,(H,25,26). The molecule has 0 heterocycles. The number of anilines is 4. The largest absolute Gasteiger partial charge is 0.421 e. The van der Waals surface area contributed by atoms with Crippen LogP contribution in [0.4, 0.5) is 22.7 Å². The SMILES string of the molecule is Cc1ccc(C(=O)Oc2ccc(NC(=O)c3cc(N)cc(N)c3)cc2N)cc1. The van der Waals surface area contributed by atoms with Gasteiger partial charge in [-0.2, -0.15) is 0 Å². The van der Waals surface area contributed by atoms with Crippen molar-refractivity contribution in [2.75, 3.05) is 22.5 Å². The molecule has 7 N–H and O–H groups in total. The van der Waals surface area contributed by atoms with E-state index in [1.807, 2.05) is 19.1 Å². The lowest BCUT2D eigenvalue weighted by Gasteiger charge is -2.11. The van der Waals surface area contributed by atoms with Gasteiger partial charge in [-0.3, -0.25) is 4.79 Å². The zero-order valence-electron chi connectivity index (χ0n) is 15.2. The predicted molar refractivity (Wildman–Crippen MR) is 110 cm³/mol. The molecule has 28 heavy (non-hydrogen) atoms. The molecular weight excluding hydrogens is 356 g/mol. The van der Waals surface area contributed by atoms with E-state index < -0.39 is 5.97 Å². The molecule has 0 spiro atoms. The summed E-state index contributed by atoms with van der Waals surface area (Å²) in [6.07, 6.45) is 0. The van der Waals surface area contributed by atoms with E-state index >= 15 is 0 Å². The van der Waals surface area contributed by atoms with Crippen LogP contribution in [0, 0.1) is 6.92 Å². The van der Waals surface area contributed by atoms with Crippen molar-refractivity contribution in [3.05, 3.63) is 77.4 Å². The van der Waals surface area contributed by atoms with Gasteiger partial charge in [-0.1, -0.05) is 17.7 Å². The molecule has 0 aromatic heterocycles. The molecule has 0 atom stereocenters. The molecule has 0 saturated heterocycles. The quantitative estimate of drug-likeness (QED) is 0.314. The van der Waals surface area contributed by atoms with Crippen molar-refractivity contribution in [2.24, 2.45) is 0 Å². The highest BCUT2D eigenvalue weighted by Gasteiger charge is 2.13. The van der Waals surface area contributed by atoms with Crippen LogP contribution in [-0.4, -0.2) is 11.9 Å². The minimum atomic E-state index is -0.515. The number of amides is 1. The maximum absolute atomic E-state index is 12.4. The number of rotatable bonds is 4. The smallest absolute Gasteiger partial charge is 0.343 e. The number of esters is 1. The van der Waals surface area contributed by atoms with Crippen molar-refractivity contribution in [1.82, 2.24) is 0 Å². The summed E-state index contributed by atoms with van der Waals surface area (Å²) < 4.78 is 5.34. The third-order valence-corrected chi connectivity index (χ3v) is 4.00. The summed E-state index contributed by atoms with van der Waals surface area (Å²) >= 11 is 0. The molecule has 7 nitrogen and oxygen atoms in total. The Kier molecular flexibility index (Phi) is 5.17. The van der Waals surface area contributed by atoms with Crippen LogP contribution in [0.1, 0.15) is 26.3 Å². The van der Waals surface area contributed by atoms with Crippen molar-refractivity contribution in [1.29, 1.82) is 0 Å². The van der Waals surface area contributed by atoms with E-state index in [2.05, 4.69) is 5.32 Å². The minimum absolute atomic E-state index is 0.205. The number of hydrogen-bond acceptors (Lipinski definition) is 6. The average Bonchev–Trinajstić information content (AvgIpc) is 2.63. The molecule has 0 saturated carbocycles. The zero-order valence-corrected chi connectivity index (χ0v) is 15.2. The van der Waals surface area contributed by atoms with Gasteiger partial charge in [-0.05, 0) is 55.5 Å². The van der Waals surface area contributed by atoms with Gasteiger partial charge in [0.05, 0.1) is 11.3 Å². The second-order valence-corrected chi connectivity index (χ2v) is 6.35. The Morgan fingerprint density at radius 2 is 1.46 bits per heavy atom. The summed E-state index contributed by atoms with van der Waals surface area (Å²) in [5.74, 6) is -0.696. The van der Waals surface area contributed by atoms with Gasteiger partial charge < -0.3 is 27.3 Å². The molecular formula is C21H20N4O3. The fourth-order valence-corrected chi connectivity index (χ4v) is 2.58. The number of nitrogens with one attached hydrogen (secondary N) is 1. The summed E-state index contributed by atoms with van der Waals surface area (Å²) in [6.45, 7) is 1.93. The van der Waals surface area contributed by atoms with E-state index in [9.17, 15) is 9.59 Å². The molecule has 1 amide bonds. The highest BCUT2D eigenvalue weighted by Crippen LogP contribution is 2.26. The number of carbonyl (C=O) groups excluding carboxylic acids is 2. The maximum Gasteiger partial charge on any atom is 0.343 e. The lowest BCUT2D eigenvalue weighted by Crippen LogP contribution is -2.13. The first-order chi connectivity index (χ1) is 13.3. The molecule has 3 aromatic rings. The number of nitrogen functional groups attached to an aromatic ring is 3. The Balaban J connectivity index is 1.72. The zero-order chi connectivity index (χ0) is 20.3. The van der Waals surface area contributed by atoms with Crippen molar-refractivity contribution < 1.29 is 14.3 Å². The van der Waals surface area contributed by atoms with Gasteiger partial charge >= 0.3 is 5.97 Å². The molecule has 142 valence electrons. The predicted octanol–water partition coefficient (Wildman–Crippen LogP) is 3.21. The van der Waals surface area contributed by atoms with Crippen LogP contribution in [0.25, 0.3) is 0 Å². The number of ether oxygens (including phenoxy) is 1. The molecule has 0 bridgehead atoms. The van der Waals surface area contributed by atoms with Gasteiger partial charge in [-0.25, -0.2) is 4.79 Å². The summed E-state index contributed by atoms with van der Waals surface area (Å²) in [6, 6.07) is 16.2. The van der Waals surface area contributed by atoms with Crippen molar-refractivity contribution >= 4 is 34.6 Å². The summed E-state index contributed by atoms with van der Waals surface area (Å²) in [4.78, 5) is 24.6. The summed E-state index contributed by atoms with van der Waals surface area (Å²) in [7, 11) is 0. The van der Waals surface area contributed by atoms with Crippen molar-refractivity contribution in [3.63, 3.8) is 0 Å². The lowest BCUT2D eigenvalue weighted by molar-refractivity contribution is 0.0735. The Morgan fingerprint density at radius 1 is 0.821 bits per heavy atom. The molecule has 0 unspecified atom stereocenters. The third-order valence-electron chi connectivity index (χ3n) is 4.00. The van der Waals surface area contributed by atoms with Gasteiger partial charge in [0, 0.05) is 22.6 Å². The van der Waals surface area contributed by atoms with E-state index in [1.165, 1.54) is 24.3 Å². The number of hydrogen-bond donors (Lipinski definition) is 4. The highest BCUT2D eigenvalue weighted by atomic mass is 16.5. The van der Waals surface area contributed by atoms with Gasteiger partial charge in [0.1, 0.15) is 0 Å². The van der Waals surface area contributed by atoms with Crippen LogP contribution in [0.5, 0.6) is 5.75 Å². The van der Waals surface area contributed by atoms with E-state index in [-0.39, 0.29) is 17.3 Å². The first-order valence-electron chi connectivity index (χ1n) is 8.47. The van der Waals surface area contributed by atoms with Crippen molar-refractivity contribution in [3.8, 4) is 5.75 Å². The van der Waals surface area contributed by atoms with Crippen LogP contribution in [0.15, 0.2) is 60.7 Å². The first kappa shape index (κ1) is 18.8. The Morgan fingerprint density at radius 3 is 2.07 bits per heavy atom. The van der Waals surface area contributed by atoms with Crippen LogP contribution in [-0.2, 0) is 0 Å². The maximum atomic E-state index is 12.4. The molecule has 0 aliphatic rings. The molecule has 0 radical (unpaired) electrons. The van der Waals surface area contributed by atoms with Crippen LogP contribution < -0.4 is 27.3 Å². The summed E-state index contributed by atoms with van der Waals surface area (Å²) in [5, 5.41) is 2.70. The summed E-state index contributed by atoms with van der Waals surface area (Å²) in [5.41, 5.74) is 20.6. The van der Waals surface area contributed by atoms with Crippen molar-refractivity contribution in [2.45, 2.75) is 6.92 Å². The average molecular weight is 376 g/mol. The highest BCUT2D eigenvalue weighted by molar-refractivity contribution is 6.05. The molecule has 3 aromatic carbocycles. The van der Waals surface area contributed by atoms with Gasteiger partial charge in [-0.15, -0.1) is 0 Å². The van der Waals surface area contributed by atoms with E-state index in [4.69, 9.17) is 21.9 Å². The topological polar surface area (TPSA) is 133 Å². The number of benzene rings is 3. The third kappa shape index (κ3) is 4.39. The Bertz CT molecular complexity index is 1030. The van der Waals surface area contributed by atoms with Crippen LogP contribution in [0.2, 0.25) is 0 Å². The van der Waals surface area contributed by atoms with Gasteiger partial charge in [0.25, 0.3) is 5.91 Å². The molecule has 3 rings (SSSR count). The van der Waals surface area contributed by atoms with E-state index in [0.717, 1.165) is 5.56 Å².